The van der Waals surface area contributed by atoms with Crippen LogP contribution in [-0.2, 0) is 4.74 Å². The van der Waals surface area contributed by atoms with E-state index in [0.717, 1.165) is 37.3 Å². The number of hydrogen-bond acceptors (Lipinski definition) is 3. The van der Waals surface area contributed by atoms with E-state index in [1.54, 1.807) is 0 Å². The quantitative estimate of drug-likeness (QED) is 0.814. The van der Waals surface area contributed by atoms with Crippen LogP contribution in [-0.4, -0.2) is 25.3 Å². The summed E-state index contributed by atoms with van der Waals surface area (Å²) in [6.45, 7) is 6.33. The lowest BCUT2D eigenvalue weighted by Crippen LogP contribution is -2.33. The number of para-hydroxylation sites is 2. The zero-order valence-corrected chi connectivity index (χ0v) is 11.4. The predicted molar refractivity (Wildman–Crippen MR) is 76.9 cm³/mol. The average molecular weight is 248 g/mol. The lowest BCUT2D eigenvalue weighted by Gasteiger charge is -2.28. The van der Waals surface area contributed by atoms with Crippen molar-refractivity contribution in [3.05, 3.63) is 24.3 Å². The van der Waals surface area contributed by atoms with Gasteiger partial charge in [0, 0.05) is 13.1 Å². The molecule has 2 atom stereocenters. The molecular formula is C15H24N2O. The van der Waals surface area contributed by atoms with E-state index < -0.39 is 0 Å². The highest BCUT2D eigenvalue weighted by atomic mass is 16.5. The van der Waals surface area contributed by atoms with Crippen LogP contribution in [0, 0.1) is 0 Å². The topological polar surface area (TPSA) is 38.5 Å². The number of nitrogen functional groups attached to an aromatic ring is 1. The second-order valence-electron chi connectivity index (χ2n) is 5.15. The third-order valence-corrected chi connectivity index (χ3v) is 3.51. The Morgan fingerprint density at radius 2 is 2.11 bits per heavy atom. The van der Waals surface area contributed by atoms with Crippen LogP contribution in [0.1, 0.15) is 33.1 Å². The maximum atomic E-state index is 6.07. The highest BCUT2D eigenvalue weighted by molar-refractivity contribution is 5.67. The first-order valence-electron chi connectivity index (χ1n) is 6.95. The summed E-state index contributed by atoms with van der Waals surface area (Å²) in [7, 11) is 0. The zero-order chi connectivity index (χ0) is 13.0. The Kier molecular flexibility index (Phi) is 4.48. The molecule has 1 aromatic rings. The molecule has 0 aliphatic carbocycles. The van der Waals surface area contributed by atoms with Crippen LogP contribution in [0.15, 0.2) is 24.3 Å². The van der Waals surface area contributed by atoms with Gasteiger partial charge in [0.25, 0.3) is 0 Å². The van der Waals surface area contributed by atoms with Gasteiger partial charge in [-0.2, -0.15) is 0 Å². The van der Waals surface area contributed by atoms with Gasteiger partial charge in [-0.25, -0.2) is 0 Å². The summed E-state index contributed by atoms with van der Waals surface area (Å²) in [5.74, 6) is 0. The van der Waals surface area contributed by atoms with Crippen LogP contribution in [0.25, 0.3) is 0 Å². The number of benzene rings is 1. The zero-order valence-electron chi connectivity index (χ0n) is 11.4. The molecule has 1 aliphatic heterocycles. The molecule has 3 nitrogen and oxygen atoms in total. The van der Waals surface area contributed by atoms with E-state index in [1.165, 1.54) is 6.42 Å². The van der Waals surface area contributed by atoms with Gasteiger partial charge in [-0.05, 0) is 38.3 Å². The van der Waals surface area contributed by atoms with E-state index in [9.17, 15) is 0 Å². The maximum absolute atomic E-state index is 6.07. The van der Waals surface area contributed by atoms with Crippen molar-refractivity contribution in [2.75, 3.05) is 23.7 Å². The predicted octanol–water partition coefficient (Wildman–Crippen LogP) is 3.05. The third kappa shape index (κ3) is 3.16. The largest absolute Gasteiger partial charge is 0.397 e. The van der Waals surface area contributed by atoms with Crippen LogP contribution in [0.3, 0.4) is 0 Å². The molecule has 2 unspecified atom stereocenters. The summed E-state index contributed by atoms with van der Waals surface area (Å²) in [4.78, 5) is 2.36. The highest BCUT2D eigenvalue weighted by Gasteiger charge is 2.24. The van der Waals surface area contributed by atoms with Gasteiger partial charge in [-0.3, -0.25) is 0 Å². The fraction of sp³-hybridized carbons (Fsp3) is 0.600. The van der Waals surface area contributed by atoms with Gasteiger partial charge in [-0.15, -0.1) is 0 Å². The Labute approximate surface area is 110 Å². The van der Waals surface area contributed by atoms with Crippen molar-refractivity contribution in [2.24, 2.45) is 0 Å². The molecular weight excluding hydrogens is 224 g/mol. The molecule has 1 heterocycles. The van der Waals surface area contributed by atoms with Gasteiger partial charge in [-0.1, -0.05) is 19.1 Å². The fourth-order valence-electron chi connectivity index (χ4n) is 2.62. The standard InChI is InChI=1S/C15H24N2O/c1-3-10-17(11-13-9-8-12(2)18-13)15-7-5-4-6-14(15)16/h4-7,12-13H,3,8-11,16H2,1-2H3. The third-order valence-electron chi connectivity index (χ3n) is 3.51. The Hall–Kier alpha value is -1.22. The molecule has 1 fully saturated rings. The molecule has 0 radical (unpaired) electrons. The number of ether oxygens (including phenoxy) is 1. The molecule has 1 aliphatic rings. The summed E-state index contributed by atoms with van der Waals surface area (Å²) >= 11 is 0. The Morgan fingerprint density at radius 1 is 1.33 bits per heavy atom. The summed E-state index contributed by atoms with van der Waals surface area (Å²) < 4.78 is 5.92. The van der Waals surface area contributed by atoms with Crippen LogP contribution in [0.5, 0.6) is 0 Å². The molecule has 1 saturated heterocycles. The fourth-order valence-corrected chi connectivity index (χ4v) is 2.62. The van der Waals surface area contributed by atoms with E-state index in [4.69, 9.17) is 10.5 Å². The second-order valence-corrected chi connectivity index (χ2v) is 5.15. The monoisotopic (exact) mass is 248 g/mol. The Bertz CT molecular complexity index is 381. The minimum Gasteiger partial charge on any atom is -0.397 e. The summed E-state index contributed by atoms with van der Waals surface area (Å²) in [6.07, 6.45) is 4.22. The number of nitrogens with two attached hydrogens (primary N) is 1. The van der Waals surface area contributed by atoms with E-state index >= 15 is 0 Å². The van der Waals surface area contributed by atoms with Crippen LogP contribution < -0.4 is 10.6 Å². The molecule has 0 spiro atoms. The molecule has 2 N–H and O–H groups in total. The van der Waals surface area contributed by atoms with Gasteiger partial charge < -0.3 is 15.4 Å². The van der Waals surface area contributed by atoms with E-state index in [2.05, 4.69) is 24.8 Å². The van der Waals surface area contributed by atoms with Crippen molar-refractivity contribution in [1.29, 1.82) is 0 Å². The normalized spacial score (nSPS) is 23.2. The van der Waals surface area contributed by atoms with Crippen molar-refractivity contribution >= 4 is 11.4 Å². The van der Waals surface area contributed by atoms with Crippen molar-refractivity contribution in [2.45, 2.75) is 45.3 Å². The molecule has 2 rings (SSSR count). The molecule has 0 amide bonds. The van der Waals surface area contributed by atoms with Crippen LogP contribution >= 0.6 is 0 Å². The minimum atomic E-state index is 0.353. The Morgan fingerprint density at radius 3 is 2.72 bits per heavy atom. The van der Waals surface area contributed by atoms with Crippen LogP contribution in [0.2, 0.25) is 0 Å². The molecule has 0 bridgehead atoms. The molecule has 1 aromatic carbocycles. The van der Waals surface area contributed by atoms with E-state index in [-0.39, 0.29) is 0 Å². The second kappa shape index (κ2) is 6.10. The van der Waals surface area contributed by atoms with Gasteiger partial charge >= 0.3 is 0 Å². The summed E-state index contributed by atoms with van der Waals surface area (Å²) in [5, 5.41) is 0. The summed E-state index contributed by atoms with van der Waals surface area (Å²) in [6, 6.07) is 8.10. The number of nitrogens with zero attached hydrogens (tertiary/aromatic N) is 1. The molecule has 0 aromatic heterocycles. The van der Waals surface area contributed by atoms with Gasteiger partial charge in [0.1, 0.15) is 0 Å². The Balaban J connectivity index is 2.06. The van der Waals surface area contributed by atoms with Crippen molar-refractivity contribution in [1.82, 2.24) is 0 Å². The SMILES string of the molecule is CCCN(CC1CCC(C)O1)c1ccccc1N. The minimum absolute atomic E-state index is 0.353. The van der Waals surface area contributed by atoms with Gasteiger partial charge in [0.15, 0.2) is 0 Å². The van der Waals surface area contributed by atoms with Crippen molar-refractivity contribution < 1.29 is 4.74 Å². The first-order chi connectivity index (χ1) is 8.70. The van der Waals surface area contributed by atoms with E-state index in [0.29, 0.717) is 12.2 Å². The number of rotatable bonds is 5. The smallest absolute Gasteiger partial charge is 0.0754 e. The summed E-state index contributed by atoms with van der Waals surface area (Å²) in [5.41, 5.74) is 8.07. The van der Waals surface area contributed by atoms with Gasteiger partial charge in [0.2, 0.25) is 0 Å². The van der Waals surface area contributed by atoms with Crippen molar-refractivity contribution in [3.8, 4) is 0 Å². The van der Waals surface area contributed by atoms with Crippen molar-refractivity contribution in [3.63, 3.8) is 0 Å². The molecule has 18 heavy (non-hydrogen) atoms. The lowest BCUT2D eigenvalue weighted by atomic mass is 10.1. The number of hydrogen-bond donors (Lipinski definition) is 1. The average Bonchev–Trinajstić information content (AvgIpc) is 2.75. The molecule has 3 heteroatoms. The van der Waals surface area contributed by atoms with E-state index in [1.807, 2.05) is 18.2 Å². The molecule has 100 valence electrons. The van der Waals surface area contributed by atoms with Crippen LogP contribution in [0.4, 0.5) is 11.4 Å². The highest BCUT2D eigenvalue weighted by Crippen LogP contribution is 2.26. The number of anilines is 2. The molecule has 0 saturated carbocycles. The maximum Gasteiger partial charge on any atom is 0.0754 e. The first kappa shape index (κ1) is 13.2. The lowest BCUT2D eigenvalue weighted by molar-refractivity contribution is 0.0600. The van der Waals surface area contributed by atoms with Gasteiger partial charge in [0.05, 0.1) is 23.6 Å². The first-order valence-corrected chi connectivity index (χ1v) is 6.95.